The third-order valence-electron chi connectivity index (χ3n) is 6.79. The molecule has 0 spiro atoms. The van der Waals surface area contributed by atoms with E-state index in [0.29, 0.717) is 49.7 Å². The number of aliphatic hydroxyl groups excluding tert-OH is 1. The number of hydrogen-bond acceptors (Lipinski definition) is 8. The van der Waals surface area contributed by atoms with E-state index >= 15 is 0 Å². The van der Waals surface area contributed by atoms with Crippen LogP contribution in [0.5, 0.6) is 5.75 Å². The Labute approximate surface area is 221 Å². The van der Waals surface area contributed by atoms with Crippen molar-refractivity contribution in [1.82, 2.24) is 9.80 Å². The number of likely N-dealkylation sites (tertiary alicyclic amines) is 1. The van der Waals surface area contributed by atoms with Crippen LogP contribution in [0, 0.1) is 10.1 Å². The number of ketones is 1. The number of nitrogens with zero attached hydrogens (tertiary/aromatic N) is 3. The highest BCUT2D eigenvalue weighted by molar-refractivity contribution is 6.46. The minimum atomic E-state index is -0.954. The summed E-state index contributed by atoms with van der Waals surface area (Å²) in [6.45, 7) is 6.44. The largest absolute Gasteiger partial charge is 0.507 e. The highest BCUT2D eigenvalue weighted by Gasteiger charge is 2.46. The van der Waals surface area contributed by atoms with Crippen LogP contribution in [-0.4, -0.2) is 77.5 Å². The van der Waals surface area contributed by atoms with E-state index in [4.69, 9.17) is 9.47 Å². The zero-order valence-corrected chi connectivity index (χ0v) is 21.5. The molecule has 0 saturated carbocycles. The van der Waals surface area contributed by atoms with Gasteiger partial charge in [-0.2, -0.15) is 0 Å². The second kappa shape index (κ2) is 12.7. The van der Waals surface area contributed by atoms with Crippen LogP contribution in [-0.2, 0) is 14.3 Å². The number of rotatable bonds is 11. The molecule has 1 N–H and O–H groups in total. The van der Waals surface area contributed by atoms with E-state index in [1.54, 1.807) is 30.3 Å². The molecule has 2 aromatic carbocycles. The lowest BCUT2D eigenvalue weighted by molar-refractivity contribution is -0.384. The van der Waals surface area contributed by atoms with Crippen LogP contribution >= 0.6 is 0 Å². The summed E-state index contributed by atoms with van der Waals surface area (Å²) in [6.07, 6.45) is 2.44. The molecule has 2 aliphatic rings. The predicted molar refractivity (Wildman–Crippen MR) is 141 cm³/mol. The first-order valence-corrected chi connectivity index (χ1v) is 13.0. The molecular weight excluding hydrogens is 490 g/mol. The molecule has 4 rings (SSSR count). The molecule has 10 nitrogen and oxygen atoms in total. The van der Waals surface area contributed by atoms with Crippen molar-refractivity contribution in [2.24, 2.45) is 0 Å². The molecule has 202 valence electrons. The summed E-state index contributed by atoms with van der Waals surface area (Å²) in [5, 5.41) is 22.8. The van der Waals surface area contributed by atoms with E-state index in [-0.39, 0.29) is 23.6 Å². The van der Waals surface area contributed by atoms with E-state index in [9.17, 15) is 24.8 Å². The number of amides is 1. The van der Waals surface area contributed by atoms with Gasteiger partial charge in [0.15, 0.2) is 0 Å². The fourth-order valence-electron chi connectivity index (χ4n) is 4.78. The Morgan fingerprint density at radius 1 is 1.11 bits per heavy atom. The summed E-state index contributed by atoms with van der Waals surface area (Å²) < 4.78 is 11.1. The van der Waals surface area contributed by atoms with E-state index in [2.05, 4.69) is 11.8 Å². The summed E-state index contributed by atoms with van der Waals surface area (Å²) in [5.41, 5.74) is 0.475. The van der Waals surface area contributed by atoms with Gasteiger partial charge in [0, 0.05) is 43.9 Å². The molecular formula is C28H33N3O7. The number of carbonyl (C=O) groups excluding carboxylic acids is 2. The maximum absolute atomic E-state index is 13.3. The lowest BCUT2D eigenvalue weighted by atomic mass is 9.95. The molecule has 2 saturated heterocycles. The zero-order valence-electron chi connectivity index (χ0n) is 21.5. The number of unbranched alkanes of at least 4 members (excludes halogenated alkanes) is 1. The number of Topliss-reactive ketones (excluding diaryl/α,β-unsaturated/α-hetero) is 1. The van der Waals surface area contributed by atoms with Crippen LogP contribution in [0.4, 0.5) is 5.69 Å². The number of nitro groups is 1. The van der Waals surface area contributed by atoms with Crippen molar-refractivity contribution < 1.29 is 29.1 Å². The van der Waals surface area contributed by atoms with Crippen molar-refractivity contribution in [3.63, 3.8) is 0 Å². The average Bonchev–Trinajstić information content (AvgIpc) is 3.18. The molecule has 1 amide bonds. The van der Waals surface area contributed by atoms with E-state index in [1.807, 2.05) is 0 Å². The van der Waals surface area contributed by atoms with Crippen molar-refractivity contribution in [2.75, 3.05) is 46.0 Å². The summed E-state index contributed by atoms with van der Waals surface area (Å²) in [5.74, 6) is -1.35. The van der Waals surface area contributed by atoms with Crippen molar-refractivity contribution in [3.8, 4) is 5.75 Å². The normalized spacial score (nSPS) is 19.6. The number of carbonyl (C=O) groups is 2. The number of ether oxygens (including phenoxy) is 2. The van der Waals surface area contributed by atoms with Crippen LogP contribution < -0.4 is 4.74 Å². The monoisotopic (exact) mass is 523 g/mol. The molecule has 2 fully saturated rings. The van der Waals surface area contributed by atoms with E-state index < -0.39 is 22.7 Å². The predicted octanol–water partition coefficient (Wildman–Crippen LogP) is 3.92. The van der Waals surface area contributed by atoms with Crippen molar-refractivity contribution in [1.29, 1.82) is 0 Å². The average molecular weight is 524 g/mol. The van der Waals surface area contributed by atoms with Crippen molar-refractivity contribution >= 4 is 23.1 Å². The van der Waals surface area contributed by atoms with Crippen LogP contribution in [0.25, 0.3) is 5.76 Å². The lowest BCUT2D eigenvalue weighted by Gasteiger charge is -2.29. The standard InChI is InChI=1S/C28H33N3O7/c1-2-3-15-38-23-10-5-8-21(19-23)26(32)24-25(20-7-4-9-22(18-20)31(35)36)30(28(34)27(24)33)12-6-11-29-13-16-37-17-14-29/h4-5,7-10,18-19,25,32H,2-3,6,11-17H2,1H3/b26-24+. The third kappa shape index (κ3) is 6.20. The minimum absolute atomic E-state index is 0.0902. The second-order valence-electron chi connectivity index (χ2n) is 9.38. The van der Waals surface area contributed by atoms with E-state index in [0.717, 1.165) is 25.9 Å². The van der Waals surface area contributed by atoms with Gasteiger partial charge in [-0.25, -0.2) is 0 Å². The smallest absolute Gasteiger partial charge is 0.295 e. The Morgan fingerprint density at radius 3 is 2.61 bits per heavy atom. The maximum atomic E-state index is 13.3. The third-order valence-corrected chi connectivity index (χ3v) is 6.79. The van der Waals surface area contributed by atoms with Crippen LogP contribution in [0.2, 0.25) is 0 Å². The quantitative estimate of drug-likeness (QED) is 0.117. The number of aliphatic hydroxyl groups is 1. The first-order chi connectivity index (χ1) is 18.4. The molecule has 2 aliphatic heterocycles. The van der Waals surface area contributed by atoms with Gasteiger partial charge in [0.25, 0.3) is 17.4 Å². The molecule has 0 bridgehead atoms. The minimum Gasteiger partial charge on any atom is -0.507 e. The highest BCUT2D eigenvalue weighted by atomic mass is 16.6. The van der Waals surface area contributed by atoms with Gasteiger partial charge in [0.2, 0.25) is 0 Å². The lowest BCUT2D eigenvalue weighted by Crippen LogP contribution is -2.39. The Morgan fingerprint density at radius 2 is 1.87 bits per heavy atom. The van der Waals surface area contributed by atoms with Crippen molar-refractivity contribution in [2.45, 2.75) is 32.2 Å². The van der Waals surface area contributed by atoms with Crippen LogP contribution in [0.3, 0.4) is 0 Å². The molecule has 10 heteroatoms. The first kappa shape index (κ1) is 27.3. The number of nitro benzene ring substituents is 1. The van der Waals surface area contributed by atoms with Crippen molar-refractivity contribution in [3.05, 3.63) is 75.3 Å². The Hall–Kier alpha value is -3.76. The van der Waals surface area contributed by atoms with Gasteiger partial charge < -0.3 is 19.5 Å². The molecule has 38 heavy (non-hydrogen) atoms. The summed E-state index contributed by atoms with van der Waals surface area (Å²) in [4.78, 5) is 41.1. The second-order valence-corrected chi connectivity index (χ2v) is 9.38. The van der Waals surface area contributed by atoms with E-state index in [1.165, 1.54) is 23.1 Å². The Bertz CT molecular complexity index is 1210. The summed E-state index contributed by atoms with van der Waals surface area (Å²) in [6, 6.07) is 11.6. The number of morpholine rings is 1. The summed E-state index contributed by atoms with van der Waals surface area (Å²) >= 11 is 0. The number of non-ortho nitro benzene ring substituents is 1. The van der Waals surface area contributed by atoms with Gasteiger partial charge in [-0.05, 0) is 30.5 Å². The molecule has 2 heterocycles. The van der Waals surface area contributed by atoms with Crippen LogP contribution in [0.15, 0.2) is 54.1 Å². The molecule has 0 aromatic heterocycles. The molecule has 1 atom stereocenters. The summed E-state index contributed by atoms with van der Waals surface area (Å²) in [7, 11) is 0. The number of benzene rings is 2. The Kier molecular flexibility index (Phi) is 9.09. The van der Waals surface area contributed by atoms with Gasteiger partial charge in [0.1, 0.15) is 11.5 Å². The fourth-order valence-corrected chi connectivity index (χ4v) is 4.78. The molecule has 2 aromatic rings. The molecule has 0 radical (unpaired) electrons. The maximum Gasteiger partial charge on any atom is 0.295 e. The van der Waals surface area contributed by atoms with Gasteiger partial charge in [-0.3, -0.25) is 24.6 Å². The zero-order chi connectivity index (χ0) is 27.1. The molecule has 1 unspecified atom stereocenters. The fraction of sp³-hybridized carbons (Fsp3) is 0.429. The highest BCUT2D eigenvalue weighted by Crippen LogP contribution is 2.40. The van der Waals surface area contributed by atoms with Gasteiger partial charge in [-0.15, -0.1) is 0 Å². The molecule has 0 aliphatic carbocycles. The SMILES string of the molecule is CCCCOc1cccc(/C(O)=C2\C(=O)C(=O)N(CCCN3CCOCC3)C2c2cccc([N+](=O)[O-])c2)c1. The van der Waals surface area contributed by atoms with Gasteiger partial charge >= 0.3 is 0 Å². The van der Waals surface area contributed by atoms with Crippen LogP contribution in [0.1, 0.15) is 43.4 Å². The first-order valence-electron chi connectivity index (χ1n) is 13.0. The van der Waals surface area contributed by atoms with Gasteiger partial charge in [0.05, 0.1) is 36.4 Å². The topological polar surface area (TPSA) is 122 Å². The number of hydrogen-bond donors (Lipinski definition) is 1. The van der Waals surface area contributed by atoms with Gasteiger partial charge in [-0.1, -0.05) is 37.6 Å². The Balaban J connectivity index is 1.69.